The number of benzene rings is 3. The van der Waals surface area contributed by atoms with Crippen LogP contribution in [-0.2, 0) is 30.3 Å². The van der Waals surface area contributed by atoms with Crippen LogP contribution in [0, 0.1) is 13.0 Å². The molecular weight excluding hydrogens is 645 g/mol. The molecule has 4 aromatic rings. The third-order valence-corrected chi connectivity index (χ3v) is 7.79. The third kappa shape index (κ3) is 5.48. The van der Waals surface area contributed by atoms with Gasteiger partial charge >= 0.3 is 0 Å². The summed E-state index contributed by atoms with van der Waals surface area (Å²) in [5, 5.41) is 9.61. The molecule has 0 atom stereocenters. The molecule has 2 aliphatic carbocycles. The summed E-state index contributed by atoms with van der Waals surface area (Å²) in [6.07, 6.45) is 9.95. The number of nitrogens with zero attached hydrogens (tertiary/aromatic N) is 2. The maximum atomic E-state index is 10.8. The summed E-state index contributed by atoms with van der Waals surface area (Å²) in [6, 6.07) is 21.4. The zero-order valence-corrected chi connectivity index (χ0v) is 25.4. The Hall–Kier alpha value is -2.81. The predicted molar refractivity (Wildman–Crippen MR) is 155 cm³/mol. The topological polar surface area (TPSA) is 44.1 Å². The zero-order valence-electron chi connectivity index (χ0n) is 23.0. The second-order valence-corrected chi connectivity index (χ2v) is 11.1. The molecular formula is C34H36IrN2O-2. The Morgan fingerprint density at radius 2 is 1.82 bits per heavy atom. The molecule has 6 rings (SSSR count). The molecule has 0 aliphatic heterocycles. The fraction of sp³-hybridized carbons (Fsp3) is 0.353. The van der Waals surface area contributed by atoms with E-state index in [0.29, 0.717) is 6.04 Å². The van der Waals surface area contributed by atoms with Crippen molar-refractivity contribution in [3.63, 3.8) is 0 Å². The van der Waals surface area contributed by atoms with E-state index in [1.807, 2.05) is 19.2 Å². The molecule has 0 bridgehead atoms. The number of hydrogen-bond acceptors (Lipinski definition) is 2. The van der Waals surface area contributed by atoms with Gasteiger partial charge in [-0.3, -0.25) is 4.79 Å². The molecule has 0 N–H and O–H groups in total. The van der Waals surface area contributed by atoms with Crippen molar-refractivity contribution in [1.82, 2.24) is 4.98 Å². The number of carbonyl (C=O) groups excluding carboxylic acids is 1. The van der Waals surface area contributed by atoms with Gasteiger partial charge in [-0.25, -0.2) is 0 Å². The number of aromatic nitrogens is 1. The Balaban J connectivity index is 0.000000207. The molecule has 0 saturated heterocycles. The number of aryl methyl sites for hydroxylation is 1. The Labute approximate surface area is 240 Å². The fourth-order valence-electron chi connectivity index (χ4n) is 6.09. The molecule has 3 aromatic carbocycles. The van der Waals surface area contributed by atoms with E-state index in [2.05, 4.69) is 74.6 Å². The first-order valence-corrected chi connectivity index (χ1v) is 13.5. The smallest absolute Gasteiger partial charge is 0.151 e. The van der Waals surface area contributed by atoms with Crippen molar-refractivity contribution in [2.75, 3.05) is 0 Å². The van der Waals surface area contributed by atoms with Crippen LogP contribution in [0.2, 0.25) is 0 Å². The van der Waals surface area contributed by atoms with Gasteiger partial charge in [0.2, 0.25) is 0 Å². The normalized spacial score (nSPS) is 16.2. The molecule has 0 spiro atoms. The Bertz CT molecular complexity index is 1510. The minimum Gasteiger partial charge on any atom is -0.685 e. The molecule has 1 saturated carbocycles. The monoisotopic (exact) mass is 681 g/mol. The van der Waals surface area contributed by atoms with Crippen molar-refractivity contribution >= 4 is 27.3 Å². The van der Waals surface area contributed by atoms with E-state index < -0.39 is 0 Å². The molecule has 0 unspecified atom stereocenters. The van der Waals surface area contributed by atoms with E-state index >= 15 is 0 Å². The van der Waals surface area contributed by atoms with Gasteiger partial charge in [0.05, 0.1) is 0 Å². The summed E-state index contributed by atoms with van der Waals surface area (Å²) >= 11 is 0. The fourth-order valence-corrected chi connectivity index (χ4v) is 6.09. The minimum absolute atomic E-state index is 0. The largest absolute Gasteiger partial charge is 0.685 e. The number of fused-ring (bicyclic) bond motifs is 4. The maximum Gasteiger partial charge on any atom is 0.151 e. The van der Waals surface area contributed by atoms with Crippen molar-refractivity contribution in [2.24, 2.45) is 0 Å². The molecule has 1 radical (unpaired) electrons. The standard InChI is InChI=1S/C23H18N.C11H19NO.Ir/c1-14-10-11-16-13-24-22-17-8-4-6-15-7-5-9-19(20(15)17)23(2,3)21(22)18(16)12-14;1-9(8-10(2)13)12-11-6-4-3-5-7-11;/h4-7,9-13H,1-3H3;8,11H,3-7H2,1-2H3,(H,12,13);/q-1;;/p-1. The Kier molecular flexibility index (Phi) is 8.55. The molecule has 0 amide bonds. The summed E-state index contributed by atoms with van der Waals surface area (Å²) in [6.45, 7) is 10.3. The molecule has 1 fully saturated rings. The summed E-state index contributed by atoms with van der Waals surface area (Å²) in [7, 11) is 0. The number of ketones is 1. The first kappa shape index (κ1) is 28.2. The van der Waals surface area contributed by atoms with Crippen molar-refractivity contribution in [2.45, 2.75) is 78.2 Å². The summed E-state index contributed by atoms with van der Waals surface area (Å²) in [5.41, 5.74) is 7.01. The van der Waals surface area contributed by atoms with Gasteiger partial charge in [0.1, 0.15) is 0 Å². The van der Waals surface area contributed by atoms with Gasteiger partial charge < -0.3 is 10.3 Å². The van der Waals surface area contributed by atoms with Crippen LogP contribution in [0.1, 0.15) is 76.5 Å². The van der Waals surface area contributed by atoms with E-state index in [0.717, 1.165) is 17.0 Å². The number of allylic oxidation sites excluding steroid dienone is 2. The third-order valence-electron chi connectivity index (χ3n) is 7.79. The van der Waals surface area contributed by atoms with Gasteiger partial charge in [0.25, 0.3) is 0 Å². The molecule has 2 aliphatic rings. The van der Waals surface area contributed by atoms with Crippen LogP contribution < -0.4 is 0 Å². The minimum atomic E-state index is -0.0860. The second-order valence-electron chi connectivity index (χ2n) is 11.1. The van der Waals surface area contributed by atoms with Crippen LogP contribution in [0.15, 0.2) is 66.5 Å². The number of pyridine rings is 1. The van der Waals surface area contributed by atoms with E-state index in [-0.39, 0.29) is 31.3 Å². The van der Waals surface area contributed by atoms with Crippen molar-refractivity contribution in [3.8, 4) is 11.3 Å². The van der Waals surface area contributed by atoms with Crippen LogP contribution in [0.5, 0.6) is 0 Å². The van der Waals surface area contributed by atoms with Crippen molar-refractivity contribution < 1.29 is 24.9 Å². The number of hydrogen-bond donors (Lipinski definition) is 0. The van der Waals surface area contributed by atoms with Gasteiger partial charge in [-0.05, 0) is 42.0 Å². The maximum absolute atomic E-state index is 10.8. The first-order chi connectivity index (χ1) is 17.8. The van der Waals surface area contributed by atoms with Crippen LogP contribution in [-0.4, -0.2) is 16.8 Å². The summed E-state index contributed by atoms with van der Waals surface area (Å²) in [5.74, 6) is 0.0945. The van der Waals surface area contributed by atoms with Gasteiger partial charge in [0.15, 0.2) is 5.78 Å². The quantitative estimate of drug-likeness (QED) is 0.160. The SMILES string of the molecule is CC(=O)/C=C(/C)[N-]C1CCCCC1.Cc1ccc2cnc3c(c2c1)C(C)(C)c1cccc2cc[c-]c-3c12.[Ir]. The van der Waals surface area contributed by atoms with E-state index in [1.165, 1.54) is 70.3 Å². The molecule has 1 heterocycles. The predicted octanol–water partition coefficient (Wildman–Crippen LogP) is 8.99. The second kappa shape index (κ2) is 11.5. The van der Waals surface area contributed by atoms with E-state index in [1.54, 1.807) is 13.0 Å². The molecule has 1 aromatic heterocycles. The van der Waals surface area contributed by atoms with Gasteiger partial charge in [-0.15, -0.1) is 35.2 Å². The van der Waals surface area contributed by atoms with Crippen LogP contribution in [0.4, 0.5) is 0 Å². The summed E-state index contributed by atoms with van der Waals surface area (Å²) < 4.78 is 0. The van der Waals surface area contributed by atoms with Gasteiger partial charge in [0, 0.05) is 31.7 Å². The van der Waals surface area contributed by atoms with Gasteiger partial charge in [-0.2, -0.15) is 5.70 Å². The Morgan fingerprint density at radius 1 is 1.05 bits per heavy atom. The van der Waals surface area contributed by atoms with Gasteiger partial charge in [-0.1, -0.05) is 106 Å². The van der Waals surface area contributed by atoms with E-state index in [4.69, 9.17) is 4.98 Å². The average Bonchev–Trinajstić information content (AvgIpc) is 2.87. The van der Waals surface area contributed by atoms with Crippen molar-refractivity contribution in [1.29, 1.82) is 0 Å². The first-order valence-electron chi connectivity index (χ1n) is 13.5. The van der Waals surface area contributed by atoms with Crippen LogP contribution >= 0.6 is 0 Å². The van der Waals surface area contributed by atoms with Crippen LogP contribution in [0.3, 0.4) is 0 Å². The molecule has 199 valence electrons. The van der Waals surface area contributed by atoms with Crippen molar-refractivity contribution in [3.05, 3.63) is 94.6 Å². The Morgan fingerprint density at radius 3 is 2.55 bits per heavy atom. The number of rotatable bonds is 3. The molecule has 38 heavy (non-hydrogen) atoms. The van der Waals surface area contributed by atoms with Crippen LogP contribution in [0.25, 0.3) is 38.1 Å². The average molecular weight is 681 g/mol. The molecule has 4 heteroatoms. The van der Waals surface area contributed by atoms with E-state index in [9.17, 15) is 4.79 Å². The number of carbonyl (C=O) groups is 1. The zero-order chi connectivity index (χ0) is 26.2. The summed E-state index contributed by atoms with van der Waals surface area (Å²) in [4.78, 5) is 15.6. The molecule has 3 nitrogen and oxygen atoms in total.